The van der Waals surface area contributed by atoms with Crippen LogP contribution < -0.4 is 10.1 Å². The molecule has 1 heterocycles. The van der Waals surface area contributed by atoms with Crippen LogP contribution in [-0.4, -0.2) is 29.2 Å². The molecule has 0 fully saturated rings. The van der Waals surface area contributed by atoms with E-state index in [0.717, 1.165) is 37.4 Å². The number of ether oxygens (including phenoxy) is 1. The zero-order valence-electron chi connectivity index (χ0n) is 13.2. The molecule has 0 aliphatic carbocycles. The van der Waals surface area contributed by atoms with Gasteiger partial charge in [0.25, 0.3) is 0 Å². The minimum absolute atomic E-state index is 0.450. The summed E-state index contributed by atoms with van der Waals surface area (Å²) in [5, 5.41) is 3.36. The van der Waals surface area contributed by atoms with Crippen molar-refractivity contribution in [2.75, 3.05) is 13.7 Å². The molecule has 1 aromatic heterocycles. The largest absolute Gasteiger partial charge is 0.494 e. The number of imidazole rings is 1. The van der Waals surface area contributed by atoms with Crippen LogP contribution in [0.15, 0.2) is 36.7 Å². The third-order valence-electron chi connectivity index (χ3n) is 3.77. The van der Waals surface area contributed by atoms with Gasteiger partial charge in [-0.1, -0.05) is 12.1 Å². The van der Waals surface area contributed by atoms with Gasteiger partial charge in [-0.15, -0.1) is 0 Å². The Morgan fingerprint density at radius 3 is 2.86 bits per heavy atom. The SMILES string of the molecule is CNC(CCOc1cccc(C)c1)CCc1nccn1C. The van der Waals surface area contributed by atoms with Gasteiger partial charge in [-0.05, 0) is 44.5 Å². The van der Waals surface area contributed by atoms with Crippen LogP contribution in [0.4, 0.5) is 0 Å². The number of nitrogens with one attached hydrogen (secondary N) is 1. The molecule has 2 rings (SSSR count). The lowest BCUT2D eigenvalue weighted by Gasteiger charge is -2.16. The second-order valence-corrected chi connectivity index (χ2v) is 5.43. The topological polar surface area (TPSA) is 39.1 Å². The molecule has 4 nitrogen and oxygen atoms in total. The highest BCUT2D eigenvalue weighted by atomic mass is 16.5. The van der Waals surface area contributed by atoms with Gasteiger partial charge in [0.1, 0.15) is 11.6 Å². The quantitative estimate of drug-likeness (QED) is 0.811. The van der Waals surface area contributed by atoms with Crippen LogP contribution in [0.3, 0.4) is 0 Å². The molecule has 0 spiro atoms. The minimum atomic E-state index is 0.450. The van der Waals surface area contributed by atoms with Crippen molar-refractivity contribution in [2.45, 2.75) is 32.2 Å². The Kier molecular flexibility index (Phi) is 5.81. The number of benzene rings is 1. The summed E-state index contributed by atoms with van der Waals surface area (Å²) in [6, 6.07) is 8.64. The van der Waals surface area contributed by atoms with E-state index in [9.17, 15) is 0 Å². The zero-order valence-corrected chi connectivity index (χ0v) is 13.2. The van der Waals surface area contributed by atoms with E-state index in [1.54, 1.807) is 0 Å². The second kappa shape index (κ2) is 7.84. The average molecular weight is 287 g/mol. The van der Waals surface area contributed by atoms with Crippen LogP contribution in [0.25, 0.3) is 0 Å². The molecule has 114 valence electrons. The van der Waals surface area contributed by atoms with Gasteiger partial charge in [0.05, 0.1) is 6.61 Å². The van der Waals surface area contributed by atoms with Crippen molar-refractivity contribution in [3.8, 4) is 5.75 Å². The van der Waals surface area contributed by atoms with Gasteiger partial charge in [0.2, 0.25) is 0 Å². The number of rotatable bonds is 8. The molecular formula is C17H25N3O. The van der Waals surface area contributed by atoms with Crippen LogP contribution in [0.5, 0.6) is 5.75 Å². The Morgan fingerprint density at radius 1 is 1.33 bits per heavy atom. The van der Waals surface area contributed by atoms with Crippen molar-refractivity contribution in [1.29, 1.82) is 0 Å². The maximum absolute atomic E-state index is 5.82. The molecule has 1 aromatic carbocycles. The van der Waals surface area contributed by atoms with Gasteiger partial charge >= 0.3 is 0 Å². The molecule has 0 aliphatic rings. The summed E-state index contributed by atoms with van der Waals surface area (Å²) in [4.78, 5) is 4.36. The van der Waals surface area contributed by atoms with Gasteiger partial charge in [-0.3, -0.25) is 0 Å². The number of hydrogen-bond donors (Lipinski definition) is 1. The molecule has 0 aliphatic heterocycles. The number of aromatic nitrogens is 2. The number of aryl methyl sites for hydroxylation is 3. The van der Waals surface area contributed by atoms with E-state index in [-0.39, 0.29) is 0 Å². The standard InChI is InChI=1S/C17H25N3O/c1-14-5-4-6-16(13-14)21-12-9-15(18-2)7-8-17-19-10-11-20(17)3/h4-6,10-11,13,15,18H,7-9,12H2,1-3H3. The first-order chi connectivity index (χ1) is 10.2. The van der Waals surface area contributed by atoms with Crippen LogP contribution in [0.1, 0.15) is 24.2 Å². The maximum Gasteiger partial charge on any atom is 0.119 e. The Bertz CT molecular complexity index is 550. The van der Waals surface area contributed by atoms with Crippen molar-refractivity contribution in [1.82, 2.24) is 14.9 Å². The summed E-state index contributed by atoms with van der Waals surface area (Å²) in [7, 11) is 4.05. The third kappa shape index (κ3) is 4.90. The normalized spacial score (nSPS) is 12.3. The van der Waals surface area contributed by atoms with Crippen LogP contribution in [0, 0.1) is 6.92 Å². The van der Waals surface area contributed by atoms with Crippen LogP contribution in [0.2, 0.25) is 0 Å². The van der Waals surface area contributed by atoms with Crippen molar-refractivity contribution < 1.29 is 4.74 Å². The van der Waals surface area contributed by atoms with E-state index >= 15 is 0 Å². The molecule has 1 atom stereocenters. The van der Waals surface area contributed by atoms with Crippen LogP contribution >= 0.6 is 0 Å². The molecule has 0 saturated carbocycles. The second-order valence-electron chi connectivity index (χ2n) is 5.43. The lowest BCUT2D eigenvalue weighted by atomic mass is 10.1. The summed E-state index contributed by atoms with van der Waals surface area (Å²) < 4.78 is 7.90. The predicted molar refractivity (Wildman–Crippen MR) is 85.7 cm³/mol. The zero-order chi connectivity index (χ0) is 15.1. The Hall–Kier alpha value is -1.81. The lowest BCUT2D eigenvalue weighted by Crippen LogP contribution is -2.28. The summed E-state index contributed by atoms with van der Waals surface area (Å²) in [5.74, 6) is 2.09. The van der Waals surface area contributed by atoms with E-state index in [1.165, 1.54) is 5.56 Å². The minimum Gasteiger partial charge on any atom is -0.494 e. The summed E-state index contributed by atoms with van der Waals surface area (Å²) in [6.07, 6.45) is 6.89. The molecule has 0 bridgehead atoms. The van der Waals surface area contributed by atoms with Crippen molar-refractivity contribution in [3.05, 3.63) is 48.0 Å². The highest BCUT2D eigenvalue weighted by molar-refractivity contribution is 5.27. The van der Waals surface area contributed by atoms with E-state index < -0.39 is 0 Å². The van der Waals surface area contributed by atoms with Crippen molar-refractivity contribution in [3.63, 3.8) is 0 Å². The highest BCUT2D eigenvalue weighted by Crippen LogP contribution is 2.13. The molecule has 1 unspecified atom stereocenters. The van der Waals surface area contributed by atoms with Gasteiger partial charge in [0, 0.05) is 31.9 Å². The summed E-state index contributed by atoms with van der Waals surface area (Å²) in [6.45, 7) is 2.81. The monoisotopic (exact) mass is 287 g/mol. The predicted octanol–water partition coefficient (Wildman–Crippen LogP) is 2.72. The number of nitrogens with zero attached hydrogens (tertiary/aromatic N) is 2. The van der Waals surface area contributed by atoms with Crippen LogP contribution in [-0.2, 0) is 13.5 Å². The molecular weight excluding hydrogens is 262 g/mol. The van der Waals surface area contributed by atoms with Crippen molar-refractivity contribution >= 4 is 0 Å². The first-order valence-corrected chi connectivity index (χ1v) is 7.52. The fourth-order valence-corrected chi connectivity index (χ4v) is 2.40. The fourth-order valence-electron chi connectivity index (χ4n) is 2.40. The Labute approximate surface area is 127 Å². The molecule has 1 N–H and O–H groups in total. The molecule has 21 heavy (non-hydrogen) atoms. The number of hydrogen-bond acceptors (Lipinski definition) is 3. The first-order valence-electron chi connectivity index (χ1n) is 7.52. The third-order valence-corrected chi connectivity index (χ3v) is 3.77. The van der Waals surface area contributed by atoms with Gasteiger partial charge in [-0.25, -0.2) is 4.98 Å². The van der Waals surface area contributed by atoms with E-state index in [1.807, 2.05) is 38.6 Å². The molecule has 0 amide bonds. The molecule has 4 heteroatoms. The van der Waals surface area contributed by atoms with E-state index in [2.05, 4.69) is 33.9 Å². The Morgan fingerprint density at radius 2 is 2.19 bits per heavy atom. The van der Waals surface area contributed by atoms with Gasteiger partial charge < -0.3 is 14.6 Å². The van der Waals surface area contributed by atoms with E-state index in [4.69, 9.17) is 4.74 Å². The maximum atomic E-state index is 5.82. The smallest absolute Gasteiger partial charge is 0.119 e. The Balaban J connectivity index is 1.73. The van der Waals surface area contributed by atoms with Crippen molar-refractivity contribution in [2.24, 2.45) is 7.05 Å². The fraction of sp³-hybridized carbons (Fsp3) is 0.471. The molecule has 0 saturated heterocycles. The first kappa shape index (κ1) is 15.6. The summed E-state index contributed by atoms with van der Waals surface area (Å²) >= 11 is 0. The lowest BCUT2D eigenvalue weighted by molar-refractivity contribution is 0.284. The van der Waals surface area contributed by atoms with Gasteiger partial charge in [-0.2, -0.15) is 0 Å². The van der Waals surface area contributed by atoms with Gasteiger partial charge in [0.15, 0.2) is 0 Å². The summed E-state index contributed by atoms with van der Waals surface area (Å²) in [5.41, 5.74) is 1.23. The molecule has 0 radical (unpaired) electrons. The van der Waals surface area contributed by atoms with E-state index in [0.29, 0.717) is 6.04 Å². The highest BCUT2D eigenvalue weighted by Gasteiger charge is 2.09. The average Bonchev–Trinajstić information content (AvgIpc) is 2.88. The molecule has 2 aromatic rings.